The highest BCUT2D eigenvalue weighted by Gasteiger charge is 2.38. The molecule has 1 aliphatic carbocycles. The van der Waals surface area contributed by atoms with E-state index in [2.05, 4.69) is 10.4 Å². The Labute approximate surface area is 171 Å². The molecule has 1 N–H and O–H groups in total. The van der Waals surface area contributed by atoms with E-state index in [-0.39, 0.29) is 11.8 Å². The highest BCUT2D eigenvalue weighted by atomic mass is 16.5. The summed E-state index contributed by atoms with van der Waals surface area (Å²) >= 11 is 0. The van der Waals surface area contributed by atoms with Crippen molar-refractivity contribution in [2.45, 2.75) is 51.2 Å². The van der Waals surface area contributed by atoms with Gasteiger partial charge in [0.15, 0.2) is 5.82 Å². The van der Waals surface area contributed by atoms with E-state index in [9.17, 15) is 9.59 Å². The van der Waals surface area contributed by atoms with Crippen molar-refractivity contribution in [1.29, 1.82) is 0 Å². The number of nitrogens with one attached hydrogen (secondary N) is 1. The van der Waals surface area contributed by atoms with Crippen LogP contribution in [-0.4, -0.2) is 46.3 Å². The lowest BCUT2D eigenvalue weighted by atomic mass is 9.96. The van der Waals surface area contributed by atoms with Gasteiger partial charge in [-0.1, -0.05) is 43.9 Å². The third-order valence-electron chi connectivity index (χ3n) is 5.98. The molecule has 2 amide bonds. The summed E-state index contributed by atoms with van der Waals surface area (Å²) in [5.74, 6) is 0.785. The first-order chi connectivity index (χ1) is 14.2. The number of hydrogen-bond acceptors (Lipinski definition) is 4. The number of fused-ring (bicyclic) bond motifs is 1. The molecular formula is C22H28N4O3. The fraction of sp³-hybridized carbons (Fsp3) is 0.500. The Bertz CT molecular complexity index is 872. The third-order valence-corrected chi connectivity index (χ3v) is 5.98. The summed E-state index contributed by atoms with van der Waals surface area (Å²) < 4.78 is 6.80. The lowest BCUT2D eigenvalue weighted by Crippen LogP contribution is -2.45. The number of anilines is 1. The first-order valence-corrected chi connectivity index (χ1v) is 10.4. The topological polar surface area (TPSA) is 76.5 Å². The van der Waals surface area contributed by atoms with Gasteiger partial charge in [0.25, 0.3) is 5.91 Å². The van der Waals surface area contributed by atoms with Crippen LogP contribution in [-0.2, 0) is 22.6 Å². The number of aromatic nitrogens is 2. The first kappa shape index (κ1) is 19.6. The molecule has 2 heterocycles. The predicted octanol–water partition coefficient (Wildman–Crippen LogP) is 3.07. The molecule has 0 saturated heterocycles. The molecule has 0 radical (unpaired) electrons. The third kappa shape index (κ3) is 4.34. The molecule has 1 aliphatic heterocycles. The molecular weight excluding hydrogens is 368 g/mol. The molecule has 1 fully saturated rings. The maximum absolute atomic E-state index is 13.2. The van der Waals surface area contributed by atoms with Crippen LogP contribution >= 0.6 is 0 Å². The molecule has 1 atom stereocenters. The van der Waals surface area contributed by atoms with E-state index in [1.807, 2.05) is 30.5 Å². The number of carbonyl (C=O) groups is 2. The molecule has 4 rings (SSSR count). The number of methoxy groups -OCH3 is 1. The maximum Gasteiger partial charge on any atom is 0.255 e. The van der Waals surface area contributed by atoms with Gasteiger partial charge in [-0.25, -0.2) is 0 Å². The Kier molecular flexibility index (Phi) is 5.94. The minimum absolute atomic E-state index is 0.0515. The fourth-order valence-corrected chi connectivity index (χ4v) is 4.41. The van der Waals surface area contributed by atoms with Crippen LogP contribution in [0.2, 0.25) is 0 Å². The molecule has 1 aromatic carbocycles. The number of benzene rings is 1. The molecule has 29 heavy (non-hydrogen) atoms. The van der Waals surface area contributed by atoms with E-state index in [1.165, 1.54) is 12.8 Å². The van der Waals surface area contributed by atoms with E-state index < -0.39 is 6.04 Å². The Morgan fingerprint density at radius 1 is 1.28 bits per heavy atom. The van der Waals surface area contributed by atoms with Gasteiger partial charge < -0.3 is 15.0 Å². The number of ether oxygens (including phenoxy) is 1. The summed E-state index contributed by atoms with van der Waals surface area (Å²) in [4.78, 5) is 28.0. The summed E-state index contributed by atoms with van der Waals surface area (Å²) in [5, 5.41) is 7.32. The van der Waals surface area contributed by atoms with Gasteiger partial charge in [-0.15, -0.1) is 0 Å². The lowest BCUT2D eigenvalue weighted by molar-refractivity contribution is -0.121. The van der Waals surface area contributed by atoms with E-state index in [1.54, 1.807) is 22.8 Å². The molecule has 2 aromatic rings. The number of carbonyl (C=O) groups excluding carboxylic acids is 2. The molecule has 0 spiro atoms. The van der Waals surface area contributed by atoms with Crippen LogP contribution in [0.3, 0.4) is 0 Å². The summed E-state index contributed by atoms with van der Waals surface area (Å²) in [5.41, 5.74) is 1.70. The smallest absolute Gasteiger partial charge is 0.255 e. The maximum atomic E-state index is 13.2. The van der Waals surface area contributed by atoms with Crippen molar-refractivity contribution in [2.75, 3.05) is 19.0 Å². The van der Waals surface area contributed by atoms with Crippen LogP contribution in [0.15, 0.2) is 36.5 Å². The lowest BCUT2D eigenvalue weighted by Gasteiger charge is -2.28. The summed E-state index contributed by atoms with van der Waals surface area (Å²) in [6, 6.07) is 8.92. The molecule has 7 nitrogen and oxygen atoms in total. The Hall–Kier alpha value is -2.67. The number of amides is 2. The van der Waals surface area contributed by atoms with Crippen LogP contribution < -0.4 is 5.32 Å². The van der Waals surface area contributed by atoms with Crippen molar-refractivity contribution in [1.82, 2.24) is 14.7 Å². The molecule has 0 bridgehead atoms. The first-order valence-electron chi connectivity index (χ1n) is 10.4. The summed E-state index contributed by atoms with van der Waals surface area (Å²) in [6.45, 7) is 1.67. The highest BCUT2D eigenvalue weighted by molar-refractivity contribution is 6.03. The van der Waals surface area contributed by atoms with Gasteiger partial charge in [-0.3, -0.25) is 14.3 Å². The summed E-state index contributed by atoms with van der Waals surface area (Å²) in [7, 11) is 1.64. The Morgan fingerprint density at radius 2 is 2.07 bits per heavy atom. The number of rotatable bonds is 8. The van der Waals surface area contributed by atoms with E-state index in [4.69, 9.17) is 4.74 Å². The van der Waals surface area contributed by atoms with Crippen molar-refractivity contribution in [3.05, 3.63) is 47.7 Å². The molecule has 154 valence electrons. The molecule has 1 unspecified atom stereocenters. The van der Waals surface area contributed by atoms with Crippen LogP contribution in [0.4, 0.5) is 5.82 Å². The van der Waals surface area contributed by atoms with E-state index in [0.717, 1.165) is 18.4 Å². The highest BCUT2D eigenvalue weighted by Crippen LogP contribution is 2.33. The Balaban J connectivity index is 1.50. The van der Waals surface area contributed by atoms with Crippen molar-refractivity contribution in [2.24, 2.45) is 5.92 Å². The standard InChI is InChI=1S/C22H28N4O3/c1-29-13-12-25-11-10-20(24-25)23-21(27)19(14-16-6-2-3-7-16)26-15-17-8-4-5-9-18(17)22(26)28/h4-5,8-11,16,19H,2-3,6-7,12-15H2,1H3,(H,23,24,27). The quantitative estimate of drug-likeness (QED) is 0.744. The van der Waals surface area contributed by atoms with E-state index >= 15 is 0 Å². The molecule has 2 aliphatic rings. The second-order valence-corrected chi connectivity index (χ2v) is 7.94. The molecule has 1 saturated carbocycles. The van der Waals surface area contributed by atoms with Gasteiger partial charge in [0, 0.05) is 31.5 Å². The molecule has 1 aromatic heterocycles. The van der Waals surface area contributed by atoms with E-state index in [0.29, 0.717) is 43.4 Å². The van der Waals surface area contributed by atoms with Crippen LogP contribution in [0.5, 0.6) is 0 Å². The largest absolute Gasteiger partial charge is 0.383 e. The minimum atomic E-state index is -0.484. The van der Waals surface area contributed by atoms with Gasteiger partial charge in [0.2, 0.25) is 5.91 Å². The van der Waals surface area contributed by atoms with Crippen molar-refractivity contribution >= 4 is 17.6 Å². The normalized spacial score (nSPS) is 17.6. The minimum Gasteiger partial charge on any atom is -0.383 e. The van der Waals surface area contributed by atoms with Gasteiger partial charge in [0.1, 0.15) is 6.04 Å². The zero-order chi connectivity index (χ0) is 20.2. The number of nitrogens with zero attached hydrogens (tertiary/aromatic N) is 3. The SMILES string of the molecule is COCCn1ccc(NC(=O)C(CC2CCCC2)N2Cc3ccccc3C2=O)n1. The van der Waals surface area contributed by atoms with Gasteiger partial charge in [-0.05, 0) is 24.0 Å². The van der Waals surface area contributed by atoms with Gasteiger partial charge in [0.05, 0.1) is 13.2 Å². The van der Waals surface area contributed by atoms with Gasteiger partial charge in [-0.2, -0.15) is 5.10 Å². The average molecular weight is 396 g/mol. The van der Waals surface area contributed by atoms with Gasteiger partial charge >= 0.3 is 0 Å². The van der Waals surface area contributed by atoms with Crippen LogP contribution in [0.1, 0.15) is 48.0 Å². The second-order valence-electron chi connectivity index (χ2n) is 7.94. The van der Waals surface area contributed by atoms with Crippen molar-refractivity contribution in [3.8, 4) is 0 Å². The predicted molar refractivity (Wildman–Crippen MR) is 109 cm³/mol. The average Bonchev–Trinajstić information content (AvgIpc) is 3.46. The monoisotopic (exact) mass is 396 g/mol. The summed E-state index contributed by atoms with van der Waals surface area (Å²) in [6.07, 6.45) is 7.19. The zero-order valence-electron chi connectivity index (χ0n) is 16.8. The fourth-order valence-electron chi connectivity index (χ4n) is 4.41. The zero-order valence-corrected chi connectivity index (χ0v) is 16.8. The molecule has 7 heteroatoms. The van der Waals surface area contributed by atoms with Crippen LogP contribution in [0, 0.1) is 5.92 Å². The Morgan fingerprint density at radius 3 is 2.83 bits per heavy atom. The number of hydrogen-bond donors (Lipinski definition) is 1. The van der Waals surface area contributed by atoms with Crippen molar-refractivity contribution in [3.63, 3.8) is 0 Å². The second kappa shape index (κ2) is 8.78. The van der Waals surface area contributed by atoms with Crippen molar-refractivity contribution < 1.29 is 14.3 Å². The van der Waals surface area contributed by atoms with Crippen LogP contribution in [0.25, 0.3) is 0 Å².